The number of rotatable bonds is 5. The van der Waals surface area contributed by atoms with Gasteiger partial charge in [-0.2, -0.15) is 0 Å². The Hall–Kier alpha value is -1.48. The van der Waals surface area contributed by atoms with E-state index in [0.29, 0.717) is 0 Å². The van der Waals surface area contributed by atoms with Crippen LogP contribution in [0.5, 0.6) is 0 Å². The molecule has 1 aliphatic carbocycles. The first-order chi connectivity index (χ1) is 9.14. The second kappa shape index (κ2) is 6.11. The summed E-state index contributed by atoms with van der Waals surface area (Å²) in [5.41, 5.74) is 0.808. The fraction of sp³-hybridized carbons (Fsp3) is 0.375. The molecule has 1 aromatic carbocycles. The van der Waals surface area contributed by atoms with E-state index < -0.39 is 17.6 Å². The Kier molecular flexibility index (Phi) is 4.48. The normalized spacial score (nSPS) is 26.3. The summed E-state index contributed by atoms with van der Waals surface area (Å²) < 4.78 is 33.3. The topological polar surface area (TPSA) is 9.23 Å². The molecule has 1 aliphatic rings. The highest BCUT2D eigenvalue weighted by Crippen LogP contribution is 2.35. The highest BCUT2D eigenvalue weighted by Gasteiger charge is 2.32. The van der Waals surface area contributed by atoms with Gasteiger partial charge in [-0.25, -0.2) is 8.78 Å². The van der Waals surface area contributed by atoms with Crippen LogP contribution in [-0.4, -0.2) is 12.5 Å². The molecule has 3 heteroatoms. The molecule has 0 amide bonds. The molecule has 0 bridgehead atoms. The highest BCUT2D eigenvalue weighted by molar-refractivity contribution is 5.36. The minimum atomic E-state index is -2.11. The number of halogens is 2. The summed E-state index contributed by atoms with van der Waals surface area (Å²) in [6.07, 6.45) is 5.43. The minimum absolute atomic E-state index is 0.289. The molecule has 1 nitrogen and oxygen atoms in total. The fourth-order valence-corrected chi connectivity index (χ4v) is 2.04. The lowest BCUT2D eigenvalue weighted by Crippen LogP contribution is -2.25. The molecule has 0 saturated carbocycles. The Labute approximate surface area is 112 Å². The Morgan fingerprint density at radius 3 is 2.63 bits per heavy atom. The van der Waals surface area contributed by atoms with Crippen molar-refractivity contribution in [3.05, 3.63) is 60.0 Å². The van der Waals surface area contributed by atoms with E-state index in [0.717, 1.165) is 24.5 Å². The molecule has 1 aromatic rings. The Balaban J connectivity index is 2.09. The number of allylic oxidation sites excluding steroid dienone is 2. The first kappa shape index (κ1) is 13.9. The van der Waals surface area contributed by atoms with Crippen LogP contribution in [0.4, 0.5) is 8.78 Å². The van der Waals surface area contributed by atoms with E-state index >= 15 is 0 Å². The van der Waals surface area contributed by atoms with Crippen LogP contribution in [0.2, 0.25) is 0 Å². The van der Waals surface area contributed by atoms with Gasteiger partial charge < -0.3 is 4.74 Å². The molecule has 0 aliphatic heterocycles. The van der Waals surface area contributed by atoms with E-state index in [1.54, 1.807) is 0 Å². The monoisotopic (exact) mass is 264 g/mol. The number of benzene rings is 1. The third kappa shape index (κ3) is 3.51. The van der Waals surface area contributed by atoms with Crippen molar-refractivity contribution >= 4 is 0 Å². The van der Waals surface area contributed by atoms with Crippen molar-refractivity contribution in [2.45, 2.75) is 31.5 Å². The van der Waals surface area contributed by atoms with Crippen molar-refractivity contribution in [3.63, 3.8) is 0 Å². The zero-order chi connectivity index (χ0) is 13.7. The van der Waals surface area contributed by atoms with Crippen LogP contribution >= 0.6 is 0 Å². The molecule has 0 spiro atoms. The van der Waals surface area contributed by atoms with E-state index in [1.807, 2.05) is 37.3 Å². The molecule has 0 N–H and O–H groups in total. The molecule has 2 unspecified atom stereocenters. The van der Waals surface area contributed by atoms with Gasteiger partial charge in [0.25, 0.3) is 5.85 Å². The summed E-state index contributed by atoms with van der Waals surface area (Å²) in [4.78, 5) is 0. The smallest absolute Gasteiger partial charge is 0.250 e. The largest absolute Gasteiger partial charge is 0.339 e. The van der Waals surface area contributed by atoms with E-state index in [9.17, 15) is 8.78 Å². The van der Waals surface area contributed by atoms with Gasteiger partial charge in [0, 0.05) is 6.08 Å². The maximum atomic E-state index is 14.2. The number of ether oxygens (including phenoxy) is 1. The summed E-state index contributed by atoms with van der Waals surface area (Å²) >= 11 is 0. The molecule has 2 rings (SSSR count). The van der Waals surface area contributed by atoms with Crippen LogP contribution in [0.25, 0.3) is 0 Å². The third-order valence-electron chi connectivity index (χ3n) is 3.13. The van der Waals surface area contributed by atoms with Gasteiger partial charge in [-0.1, -0.05) is 49.8 Å². The fourth-order valence-electron chi connectivity index (χ4n) is 2.04. The third-order valence-corrected chi connectivity index (χ3v) is 3.13. The molecule has 0 aromatic heterocycles. The molecular formula is C16H18F2O. The van der Waals surface area contributed by atoms with Crippen LogP contribution in [-0.2, 0) is 4.74 Å². The van der Waals surface area contributed by atoms with Gasteiger partial charge >= 0.3 is 0 Å². The van der Waals surface area contributed by atoms with Crippen LogP contribution < -0.4 is 0 Å². The predicted octanol–water partition coefficient (Wildman–Crippen LogP) is 4.68. The van der Waals surface area contributed by atoms with Crippen LogP contribution in [0.1, 0.15) is 31.2 Å². The molecule has 0 saturated heterocycles. The average Bonchev–Trinajstić information content (AvgIpc) is 2.40. The zero-order valence-electron chi connectivity index (χ0n) is 11.0. The Morgan fingerprint density at radius 2 is 2.00 bits per heavy atom. The molecule has 19 heavy (non-hydrogen) atoms. The van der Waals surface area contributed by atoms with Crippen LogP contribution in [0.3, 0.4) is 0 Å². The number of alkyl halides is 1. The average molecular weight is 264 g/mol. The molecule has 2 atom stereocenters. The van der Waals surface area contributed by atoms with E-state index in [1.165, 1.54) is 12.2 Å². The van der Waals surface area contributed by atoms with Crippen molar-refractivity contribution < 1.29 is 13.5 Å². The van der Waals surface area contributed by atoms with Crippen molar-refractivity contribution in [1.82, 2.24) is 0 Å². The summed E-state index contributed by atoms with van der Waals surface area (Å²) in [6.45, 7) is 2.28. The Morgan fingerprint density at radius 1 is 1.26 bits per heavy atom. The molecule has 0 fully saturated rings. The number of hydrogen-bond donors (Lipinski definition) is 0. The second-order valence-corrected chi connectivity index (χ2v) is 4.68. The minimum Gasteiger partial charge on any atom is -0.339 e. The van der Waals surface area contributed by atoms with Gasteiger partial charge in [-0.15, -0.1) is 0 Å². The zero-order valence-corrected chi connectivity index (χ0v) is 11.0. The van der Waals surface area contributed by atoms with Crippen LogP contribution in [0.15, 0.2) is 54.4 Å². The molecule has 0 heterocycles. The lowest BCUT2D eigenvalue weighted by atomic mass is 9.92. The van der Waals surface area contributed by atoms with E-state index in [-0.39, 0.29) is 6.61 Å². The number of hydrogen-bond acceptors (Lipinski definition) is 1. The van der Waals surface area contributed by atoms with Crippen LogP contribution in [0, 0.1) is 0 Å². The maximum absolute atomic E-state index is 14.2. The summed E-state index contributed by atoms with van der Waals surface area (Å²) in [6, 6.07) is 9.19. The van der Waals surface area contributed by atoms with Crippen molar-refractivity contribution in [3.8, 4) is 0 Å². The first-order valence-corrected chi connectivity index (χ1v) is 6.60. The van der Waals surface area contributed by atoms with Gasteiger partial charge in [0.2, 0.25) is 0 Å². The number of unbranched alkanes of at least 4 members (excludes halogenated alkanes) is 1. The first-order valence-electron chi connectivity index (χ1n) is 6.60. The quantitative estimate of drug-likeness (QED) is 0.554. The predicted molar refractivity (Wildman–Crippen MR) is 72.2 cm³/mol. The molecule has 102 valence electrons. The maximum Gasteiger partial charge on any atom is 0.250 e. The summed E-state index contributed by atoms with van der Waals surface area (Å²) in [7, 11) is 0. The Bertz CT molecular complexity index is 467. The highest BCUT2D eigenvalue weighted by atomic mass is 19.2. The van der Waals surface area contributed by atoms with Crippen molar-refractivity contribution in [1.29, 1.82) is 0 Å². The summed E-state index contributed by atoms with van der Waals surface area (Å²) in [5, 5.41) is 0. The molecular weight excluding hydrogens is 246 g/mol. The summed E-state index contributed by atoms with van der Waals surface area (Å²) in [5.74, 6) is -3.13. The standard InChI is InChI=1S/C16H18F2O/c1-2-3-11-19-16(18)10-9-14(15(17)12-16)13-7-5-4-6-8-13/h4-10,12,14H,2-3,11H2,1H3. The van der Waals surface area contributed by atoms with Gasteiger partial charge in [-0.05, 0) is 18.1 Å². The van der Waals surface area contributed by atoms with E-state index in [2.05, 4.69) is 0 Å². The SMILES string of the molecule is CCCCOC1(F)C=CC(c2ccccc2)C(F)=C1. The lowest BCUT2D eigenvalue weighted by Gasteiger charge is -2.25. The molecule has 0 radical (unpaired) electrons. The van der Waals surface area contributed by atoms with Gasteiger partial charge in [0.15, 0.2) is 0 Å². The van der Waals surface area contributed by atoms with Gasteiger partial charge in [0.05, 0.1) is 12.5 Å². The van der Waals surface area contributed by atoms with Crippen molar-refractivity contribution in [2.75, 3.05) is 6.61 Å². The van der Waals surface area contributed by atoms with Gasteiger partial charge in [-0.3, -0.25) is 0 Å². The van der Waals surface area contributed by atoms with Crippen molar-refractivity contribution in [2.24, 2.45) is 0 Å². The second-order valence-electron chi connectivity index (χ2n) is 4.68. The van der Waals surface area contributed by atoms with E-state index in [4.69, 9.17) is 4.74 Å². The lowest BCUT2D eigenvalue weighted by molar-refractivity contribution is -0.0720. The van der Waals surface area contributed by atoms with Gasteiger partial charge in [0.1, 0.15) is 5.83 Å².